The average molecular weight is 465 g/mol. The first-order chi connectivity index (χ1) is 14.5. The Kier molecular flexibility index (Phi) is 6.71. The van der Waals surface area contributed by atoms with E-state index >= 15 is 0 Å². The van der Waals surface area contributed by atoms with Gasteiger partial charge in [0.25, 0.3) is 11.6 Å². The number of nitrogens with zero attached hydrogens (tertiary/aromatic N) is 1. The van der Waals surface area contributed by atoms with Crippen LogP contribution in [0.2, 0.25) is 5.02 Å². The van der Waals surface area contributed by atoms with E-state index in [1.807, 2.05) is 0 Å². The van der Waals surface area contributed by atoms with Gasteiger partial charge in [0.15, 0.2) is 0 Å². The zero-order valence-electron chi connectivity index (χ0n) is 17.9. The number of benzene rings is 1. The number of hydrogen-bond acceptors (Lipinski definition) is 6. The average Bonchev–Trinajstić information content (AvgIpc) is 3.04. The second-order valence-corrected chi connectivity index (χ2v) is 10.1. The van der Waals surface area contributed by atoms with Crippen molar-refractivity contribution in [1.29, 1.82) is 0 Å². The summed E-state index contributed by atoms with van der Waals surface area (Å²) in [5.41, 5.74) is 0.864. The molecule has 3 rings (SSSR count). The second kappa shape index (κ2) is 8.96. The lowest BCUT2D eigenvalue weighted by molar-refractivity contribution is -0.385. The number of halogens is 1. The van der Waals surface area contributed by atoms with Crippen LogP contribution in [-0.4, -0.2) is 23.4 Å². The molecule has 0 bridgehead atoms. The van der Waals surface area contributed by atoms with Crippen LogP contribution in [0.4, 0.5) is 10.7 Å². The van der Waals surface area contributed by atoms with E-state index in [0.717, 1.165) is 29.7 Å². The van der Waals surface area contributed by atoms with Crippen molar-refractivity contribution >= 4 is 45.5 Å². The van der Waals surface area contributed by atoms with Crippen LogP contribution in [0, 0.1) is 21.4 Å². The van der Waals surface area contributed by atoms with Crippen molar-refractivity contribution in [1.82, 2.24) is 0 Å². The van der Waals surface area contributed by atoms with Gasteiger partial charge >= 0.3 is 5.97 Å². The summed E-state index contributed by atoms with van der Waals surface area (Å²) in [5.74, 6) is -0.734. The Morgan fingerprint density at radius 1 is 1.35 bits per heavy atom. The van der Waals surface area contributed by atoms with Crippen molar-refractivity contribution in [2.75, 3.05) is 11.9 Å². The molecule has 1 N–H and O–H groups in total. The Bertz CT molecular complexity index is 1040. The van der Waals surface area contributed by atoms with Crippen molar-refractivity contribution in [3.05, 3.63) is 54.9 Å². The summed E-state index contributed by atoms with van der Waals surface area (Å²) in [6, 6.07) is 3.80. The summed E-state index contributed by atoms with van der Waals surface area (Å²) in [7, 11) is 0. The number of carbonyl (C=O) groups is 2. The van der Waals surface area contributed by atoms with E-state index in [2.05, 4.69) is 26.1 Å². The first kappa shape index (κ1) is 23.2. The van der Waals surface area contributed by atoms with Gasteiger partial charge in [0.2, 0.25) is 0 Å². The first-order valence-corrected chi connectivity index (χ1v) is 11.3. The minimum Gasteiger partial charge on any atom is -0.462 e. The van der Waals surface area contributed by atoms with Crippen molar-refractivity contribution in [2.24, 2.45) is 11.3 Å². The molecule has 0 fully saturated rings. The van der Waals surface area contributed by atoms with Crippen molar-refractivity contribution < 1.29 is 19.2 Å². The van der Waals surface area contributed by atoms with Crippen LogP contribution in [0.15, 0.2) is 18.2 Å². The third-order valence-corrected chi connectivity index (χ3v) is 7.00. The summed E-state index contributed by atoms with van der Waals surface area (Å²) >= 11 is 7.30. The van der Waals surface area contributed by atoms with Gasteiger partial charge in [0.05, 0.1) is 17.1 Å². The smallest absolute Gasteiger partial charge is 0.341 e. The Hall–Kier alpha value is -2.45. The van der Waals surface area contributed by atoms with Gasteiger partial charge < -0.3 is 10.1 Å². The van der Waals surface area contributed by atoms with Gasteiger partial charge in [-0.2, -0.15) is 0 Å². The summed E-state index contributed by atoms with van der Waals surface area (Å²) in [5, 5.41) is 14.6. The molecule has 9 heteroatoms. The molecule has 1 amide bonds. The fraction of sp³-hybridized carbons (Fsp3) is 0.455. The number of ether oxygens (including phenoxy) is 1. The molecule has 1 atom stereocenters. The molecule has 7 nitrogen and oxygen atoms in total. The summed E-state index contributed by atoms with van der Waals surface area (Å²) in [6.45, 7) is 8.53. The highest BCUT2D eigenvalue weighted by molar-refractivity contribution is 7.17. The SMILES string of the molecule is CCOC(=O)c1c(NC(=O)c2cc(Cl)ccc2[N+](=O)[O-])sc2c1CCC(C(C)(C)C)C2. The molecule has 1 aromatic carbocycles. The Labute approximate surface area is 189 Å². The highest BCUT2D eigenvalue weighted by atomic mass is 35.5. The number of nitrogens with one attached hydrogen (secondary N) is 1. The first-order valence-electron chi connectivity index (χ1n) is 10.1. The summed E-state index contributed by atoms with van der Waals surface area (Å²) < 4.78 is 5.24. The van der Waals surface area contributed by atoms with E-state index < -0.39 is 16.8 Å². The summed E-state index contributed by atoms with van der Waals surface area (Å²) in [6.07, 6.45) is 2.46. The van der Waals surface area contributed by atoms with Gasteiger partial charge in [-0.05, 0) is 55.2 Å². The Morgan fingerprint density at radius 3 is 2.68 bits per heavy atom. The van der Waals surface area contributed by atoms with Crippen LogP contribution in [0.25, 0.3) is 0 Å². The molecule has 1 aromatic heterocycles. The lowest BCUT2D eigenvalue weighted by Gasteiger charge is -2.33. The van der Waals surface area contributed by atoms with Crippen molar-refractivity contribution in [3.8, 4) is 0 Å². The van der Waals surface area contributed by atoms with E-state index in [1.165, 1.54) is 29.5 Å². The lowest BCUT2D eigenvalue weighted by atomic mass is 9.72. The van der Waals surface area contributed by atoms with E-state index in [4.69, 9.17) is 16.3 Å². The van der Waals surface area contributed by atoms with Crippen LogP contribution >= 0.6 is 22.9 Å². The largest absolute Gasteiger partial charge is 0.462 e. The van der Waals surface area contributed by atoms with Gasteiger partial charge in [0, 0.05) is 16.0 Å². The number of hydrogen-bond donors (Lipinski definition) is 1. The van der Waals surface area contributed by atoms with E-state index in [0.29, 0.717) is 16.5 Å². The number of thiophene rings is 1. The van der Waals surface area contributed by atoms with E-state index in [1.54, 1.807) is 6.92 Å². The quantitative estimate of drug-likeness (QED) is 0.338. The molecule has 1 aliphatic rings. The molecule has 0 saturated carbocycles. The van der Waals surface area contributed by atoms with Crippen LogP contribution in [-0.2, 0) is 17.6 Å². The monoisotopic (exact) mass is 464 g/mol. The zero-order chi connectivity index (χ0) is 22.9. The van der Waals surface area contributed by atoms with Gasteiger partial charge in [-0.25, -0.2) is 4.79 Å². The number of amides is 1. The van der Waals surface area contributed by atoms with Crippen molar-refractivity contribution in [3.63, 3.8) is 0 Å². The maximum Gasteiger partial charge on any atom is 0.341 e. The molecule has 31 heavy (non-hydrogen) atoms. The molecule has 2 aromatic rings. The highest BCUT2D eigenvalue weighted by Gasteiger charge is 2.35. The number of carbonyl (C=O) groups excluding carboxylic acids is 2. The van der Waals surface area contributed by atoms with Gasteiger partial charge in [-0.1, -0.05) is 32.4 Å². The van der Waals surface area contributed by atoms with E-state index in [9.17, 15) is 19.7 Å². The van der Waals surface area contributed by atoms with Crippen LogP contribution in [0.1, 0.15) is 65.3 Å². The maximum absolute atomic E-state index is 12.9. The fourth-order valence-electron chi connectivity index (χ4n) is 3.85. The van der Waals surface area contributed by atoms with Gasteiger partial charge in [-0.15, -0.1) is 11.3 Å². The maximum atomic E-state index is 12.9. The molecule has 0 aliphatic heterocycles. The number of fused-ring (bicyclic) bond motifs is 1. The Balaban J connectivity index is 2.01. The topological polar surface area (TPSA) is 98.5 Å². The molecule has 1 aliphatic carbocycles. The molecular formula is C22H25ClN2O5S. The molecule has 1 unspecified atom stereocenters. The van der Waals surface area contributed by atoms with Gasteiger partial charge in [-0.3, -0.25) is 14.9 Å². The minimum atomic E-state index is -0.689. The number of rotatable bonds is 5. The number of anilines is 1. The molecule has 1 heterocycles. The highest BCUT2D eigenvalue weighted by Crippen LogP contribution is 2.44. The van der Waals surface area contributed by atoms with E-state index in [-0.39, 0.29) is 28.3 Å². The number of esters is 1. The van der Waals surface area contributed by atoms with Crippen molar-refractivity contribution in [2.45, 2.75) is 47.0 Å². The van der Waals surface area contributed by atoms with Crippen LogP contribution in [0.3, 0.4) is 0 Å². The predicted molar refractivity (Wildman–Crippen MR) is 121 cm³/mol. The normalized spacial score (nSPS) is 15.8. The number of nitro benzene ring substituents is 1. The Morgan fingerprint density at radius 2 is 2.06 bits per heavy atom. The molecule has 0 radical (unpaired) electrons. The third kappa shape index (κ3) is 4.91. The summed E-state index contributed by atoms with van der Waals surface area (Å²) in [4.78, 5) is 37.4. The molecule has 166 valence electrons. The van der Waals surface area contributed by atoms with Crippen LogP contribution < -0.4 is 5.32 Å². The molecule has 0 spiro atoms. The number of nitro groups is 1. The van der Waals surface area contributed by atoms with Crippen LogP contribution in [0.5, 0.6) is 0 Å². The standard InChI is InChI=1S/C22H25ClN2O5S/c1-5-30-21(27)18-14-8-6-12(22(2,3)4)10-17(14)31-20(18)24-19(26)15-11-13(23)7-9-16(15)25(28)29/h7,9,11-12H,5-6,8,10H2,1-4H3,(H,24,26). The predicted octanol–water partition coefficient (Wildman–Crippen LogP) is 5.89. The molecular weight excluding hydrogens is 440 g/mol. The molecule has 0 saturated heterocycles. The van der Waals surface area contributed by atoms with Gasteiger partial charge in [0.1, 0.15) is 10.6 Å². The third-order valence-electron chi connectivity index (χ3n) is 5.60. The second-order valence-electron chi connectivity index (χ2n) is 8.61. The fourth-order valence-corrected chi connectivity index (χ4v) is 5.33. The zero-order valence-corrected chi connectivity index (χ0v) is 19.5. The minimum absolute atomic E-state index is 0.122. The lowest BCUT2D eigenvalue weighted by Crippen LogP contribution is -2.26.